The van der Waals surface area contributed by atoms with Gasteiger partial charge in [-0.1, -0.05) is 34.1 Å². The number of aromatic nitrogens is 2. The van der Waals surface area contributed by atoms with Crippen molar-refractivity contribution in [2.45, 2.75) is 4.90 Å². The summed E-state index contributed by atoms with van der Waals surface area (Å²) in [7, 11) is -3.53. The molecule has 5 rings (SSSR count). The van der Waals surface area contributed by atoms with Gasteiger partial charge in [0.05, 0.1) is 4.90 Å². The lowest BCUT2D eigenvalue weighted by Crippen LogP contribution is -2.49. The normalized spacial score (nSPS) is 16.0. The van der Waals surface area contributed by atoms with E-state index in [0.29, 0.717) is 42.5 Å². The van der Waals surface area contributed by atoms with Crippen LogP contribution in [0.3, 0.4) is 0 Å². The van der Waals surface area contributed by atoms with E-state index in [-0.39, 0.29) is 0 Å². The van der Waals surface area contributed by atoms with Gasteiger partial charge in [-0.05, 0) is 30.3 Å². The highest BCUT2D eigenvalue weighted by atomic mass is 79.9. The Morgan fingerprint density at radius 2 is 1.76 bits per heavy atom. The average molecular weight is 473 g/mol. The van der Waals surface area contributed by atoms with Gasteiger partial charge in [-0.2, -0.15) is 4.31 Å². The number of hydrogen-bond acceptors (Lipinski definition) is 6. The zero-order chi connectivity index (χ0) is 20.0. The molecule has 148 valence electrons. The molecule has 1 fully saturated rings. The van der Waals surface area contributed by atoms with E-state index in [2.05, 4.69) is 30.8 Å². The number of rotatable bonds is 3. The molecule has 0 bridgehead atoms. The number of halogens is 1. The highest BCUT2D eigenvalue weighted by molar-refractivity contribution is 9.10. The van der Waals surface area contributed by atoms with E-state index in [1.165, 1.54) is 10.6 Å². The topological polar surface area (TPSA) is 79.5 Å². The lowest BCUT2D eigenvalue weighted by atomic mass is 10.2. The van der Waals surface area contributed by atoms with Crippen molar-refractivity contribution in [1.82, 2.24) is 14.3 Å². The number of piperazine rings is 1. The molecular weight excluding hydrogens is 456 g/mol. The number of fused-ring (bicyclic) bond motifs is 3. The van der Waals surface area contributed by atoms with Gasteiger partial charge >= 0.3 is 0 Å². The lowest BCUT2D eigenvalue weighted by molar-refractivity contribution is 0.383. The van der Waals surface area contributed by atoms with Crippen LogP contribution >= 0.6 is 15.9 Å². The number of furan rings is 1. The van der Waals surface area contributed by atoms with Crippen LogP contribution in [-0.4, -0.2) is 48.9 Å². The molecule has 0 spiro atoms. The first-order valence-corrected chi connectivity index (χ1v) is 11.4. The van der Waals surface area contributed by atoms with Gasteiger partial charge in [0.2, 0.25) is 10.0 Å². The summed E-state index contributed by atoms with van der Waals surface area (Å²) in [5.41, 5.74) is 2.17. The van der Waals surface area contributed by atoms with Crippen molar-refractivity contribution in [3.05, 3.63) is 59.3 Å². The summed E-state index contributed by atoms with van der Waals surface area (Å²) in [4.78, 5) is 11.2. The van der Waals surface area contributed by atoms with Gasteiger partial charge in [0.1, 0.15) is 17.4 Å². The summed E-state index contributed by atoms with van der Waals surface area (Å²) in [5.74, 6) is 0.700. The molecule has 1 saturated heterocycles. The lowest BCUT2D eigenvalue weighted by Gasteiger charge is -2.34. The fourth-order valence-corrected chi connectivity index (χ4v) is 5.67. The minimum atomic E-state index is -3.53. The van der Waals surface area contributed by atoms with Crippen LogP contribution < -0.4 is 4.90 Å². The van der Waals surface area contributed by atoms with Crippen LogP contribution in [0.1, 0.15) is 0 Å². The number of sulfonamides is 1. The smallest absolute Gasteiger partial charge is 0.243 e. The number of nitrogens with zero attached hydrogens (tertiary/aromatic N) is 4. The molecule has 2 aromatic carbocycles. The highest BCUT2D eigenvalue weighted by Gasteiger charge is 2.30. The van der Waals surface area contributed by atoms with Gasteiger partial charge in [0.15, 0.2) is 11.4 Å². The molecular formula is C20H17BrN4O3S. The Balaban J connectivity index is 1.42. The van der Waals surface area contributed by atoms with Gasteiger partial charge in [0.25, 0.3) is 0 Å². The number of hydrogen-bond donors (Lipinski definition) is 0. The molecule has 0 amide bonds. The van der Waals surface area contributed by atoms with Gasteiger partial charge < -0.3 is 9.32 Å². The summed E-state index contributed by atoms with van der Waals surface area (Å²) in [6.07, 6.45) is 1.53. The molecule has 2 aromatic heterocycles. The van der Waals surface area contributed by atoms with Crippen molar-refractivity contribution in [3.63, 3.8) is 0 Å². The van der Waals surface area contributed by atoms with E-state index < -0.39 is 10.0 Å². The zero-order valence-corrected chi connectivity index (χ0v) is 17.7. The SMILES string of the molecule is O=S(=O)(c1cccc(Br)c1)N1CCN(c2ncnc3c2oc2ccccc23)CC1. The molecule has 3 heterocycles. The fraction of sp³-hybridized carbons (Fsp3) is 0.200. The third-order valence-electron chi connectivity index (χ3n) is 5.11. The Bertz CT molecular complexity index is 1310. The second-order valence-electron chi connectivity index (χ2n) is 6.82. The molecule has 0 unspecified atom stereocenters. The molecule has 1 aliphatic rings. The maximum absolute atomic E-state index is 13.0. The Morgan fingerprint density at radius 3 is 2.55 bits per heavy atom. The Morgan fingerprint density at radius 1 is 0.966 bits per heavy atom. The summed E-state index contributed by atoms with van der Waals surface area (Å²) in [5, 5.41) is 0.946. The van der Waals surface area contributed by atoms with Crippen molar-refractivity contribution < 1.29 is 12.8 Å². The molecule has 7 nitrogen and oxygen atoms in total. The van der Waals surface area contributed by atoms with Crippen LogP contribution in [0.5, 0.6) is 0 Å². The molecule has 9 heteroatoms. The Hall–Kier alpha value is -2.49. The second kappa shape index (κ2) is 7.08. The molecule has 0 saturated carbocycles. The van der Waals surface area contributed by atoms with E-state index >= 15 is 0 Å². The third kappa shape index (κ3) is 3.19. The van der Waals surface area contributed by atoms with Crippen molar-refractivity contribution in [2.75, 3.05) is 31.1 Å². The molecule has 1 aliphatic heterocycles. The van der Waals surface area contributed by atoms with Crippen molar-refractivity contribution >= 4 is 53.8 Å². The van der Waals surface area contributed by atoms with Crippen LogP contribution in [0, 0.1) is 0 Å². The Kier molecular flexibility index (Phi) is 4.53. The van der Waals surface area contributed by atoms with Crippen LogP contribution in [0.4, 0.5) is 5.82 Å². The maximum Gasteiger partial charge on any atom is 0.243 e. The monoisotopic (exact) mass is 472 g/mol. The van der Waals surface area contributed by atoms with Gasteiger partial charge in [-0.3, -0.25) is 0 Å². The fourth-order valence-electron chi connectivity index (χ4n) is 3.65. The summed E-state index contributed by atoms with van der Waals surface area (Å²) in [6.45, 7) is 1.80. The first kappa shape index (κ1) is 18.5. The predicted octanol–water partition coefficient (Wildman–Crippen LogP) is 3.65. The largest absolute Gasteiger partial charge is 0.450 e. The number of anilines is 1. The van der Waals surface area contributed by atoms with E-state index in [1.807, 2.05) is 30.3 Å². The van der Waals surface area contributed by atoms with E-state index in [1.54, 1.807) is 18.2 Å². The minimum absolute atomic E-state index is 0.294. The predicted molar refractivity (Wildman–Crippen MR) is 114 cm³/mol. The first-order chi connectivity index (χ1) is 14.0. The third-order valence-corrected chi connectivity index (χ3v) is 7.50. The van der Waals surface area contributed by atoms with Gasteiger partial charge in [-0.15, -0.1) is 0 Å². The average Bonchev–Trinajstić information content (AvgIpc) is 3.13. The van der Waals surface area contributed by atoms with Crippen LogP contribution in [0.2, 0.25) is 0 Å². The molecule has 0 atom stereocenters. The van der Waals surface area contributed by atoms with Crippen LogP contribution in [0.15, 0.2) is 68.6 Å². The van der Waals surface area contributed by atoms with E-state index in [0.717, 1.165) is 21.0 Å². The number of benzene rings is 2. The van der Waals surface area contributed by atoms with Crippen LogP contribution in [-0.2, 0) is 10.0 Å². The summed E-state index contributed by atoms with van der Waals surface area (Å²) in [6, 6.07) is 14.5. The number of para-hydroxylation sites is 1. The quantitative estimate of drug-likeness (QED) is 0.452. The van der Waals surface area contributed by atoms with Gasteiger partial charge in [0, 0.05) is 36.0 Å². The molecule has 0 radical (unpaired) electrons. The first-order valence-electron chi connectivity index (χ1n) is 9.17. The summed E-state index contributed by atoms with van der Waals surface area (Å²) >= 11 is 3.34. The minimum Gasteiger partial charge on any atom is -0.450 e. The van der Waals surface area contributed by atoms with E-state index in [9.17, 15) is 8.42 Å². The van der Waals surface area contributed by atoms with Crippen molar-refractivity contribution in [3.8, 4) is 0 Å². The molecule has 29 heavy (non-hydrogen) atoms. The van der Waals surface area contributed by atoms with Crippen molar-refractivity contribution in [1.29, 1.82) is 0 Å². The molecule has 0 aliphatic carbocycles. The standard InChI is InChI=1S/C20H17BrN4O3S/c21-14-4-3-5-15(12-14)29(26,27)25-10-8-24(9-11-25)20-19-18(22-13-23-20)16-6-1-2-7-17(16)28-19/h1-7,12-13H,8-11H2. The Labute approximate surface area is 176 Å². The van der Waals surface area contributed by atoms with Crippen LogP contribution in [0.25, 0.3) is 22.1 Å². The van der Waals surface area contributed by atoms with E-state index in [4.69, 9.17) is 4.42 Å². The molecule has 0 N–H and O–H groups in total. The van der Waals surface area contributed by atoms with Gasteiger partial charge in [-0.25, -0.2) is 18.4 Å². The molecule has 4 aromatic rings. The highest BCUT2D eigenvalue weighted by Crippen LogP contribution is 2.32. The van der Waals surface area contributed by atoms with Crippen molar-refractivity contribution in [2.24, 2.45) is 0 Å². The second-order valence-corrected chi connectivity index (χ2v) is 9.68. The summed E-state index contributed by atoms with van der Waals surface area (Å²) < 4.78 is 34.2. The zero-order valence-electron chi connectivity index (χ0n) is 15.3. The maximum atomic E-state index is 13.0.